The van der Waals surface area contributed by atoms with E-state index in [1.807, 2.05) is 11.8 Å². The fourth-order valence-electron chi connectivity index (χ4n) is 4.47. The van der Waals surface area contributed by atoms with E-state index in [-0.39, 0.29) is 11.9 Å². The zero-order valence-electron chi connectivity index (χ0n) is 18.1. The maximum absolute atomic E-state index is 12.6. The normalized spacial score (nSPS) is 18.8. The van der Waals surface area contributed by atoms with E-state index in [1.54, 1.807) is 0 Å². The number of carbonyl (C=O) groups is 1. The van der Waals surface area contributed by atoms with Gasteiger partial charge in [-0.15, -0.1) is 0 Å². The largest absolute Gasteiger partial charge is 0.374 e. The topological polar surface area (TPSA) is 38.8 Å². The fraction of sp³-hybridized carbons (Fsp3) is 0.480. The second kappa shape index (κ2) is 9.98. The first kappa shape index (κ1) is 20.7. The average Bonchev–Trinajstić information content (AvgIpc) is 2.81. The highest BCUT2D eigenvalue weighted by Gasteiger charge is 2.22. The third-order valence-electron chi connectivity index (χ3n) is 6.28. The minimum atomic E-state index is -0.185. The van der Waals surface area contributed by atoms with Crippen LogP contribution in [0.15, 0.2) is 54.6 Å². The molecule has 160 valence electrons. The number of hydrogen-bond donors (Lipinski definition) is 1. The summed E-state index contributed by atoms with van der Waals surface area (Å²) in [6, 6.07) is 19.1. The van der Waals surface area contributed by atoms with E-state index in [0.29, 0.717) is 0 Å². The van der Waals surface area contributed by atoms with Crippen LogP contribution in [0, 0.1) is 0 Å². The van der Waals surface area contributed by atoms with Crippen LogP contribution in [0.3, 0.4) is 0 Å². The van der Waals surface area contributed by atoms with E-state index in [0.717, 1.165) is 64.3 Å². The molecule has 0 aliphatic carbocycles. The number of hydrogen-bond acceptors (Lipinski definition) is 4. The molecule has 2 aromatic rings. The molecular weight excluding hydrogens is 372 g/mol. The van der Waals surface area contributed by atoms with E-state index in [4.69, 9.17) is 0 Å². The number of amides is 1. The molecule has 1 amide bonds. The average molecular weight is 407 g/mol. The quantitative estimate of drug-likeness (QED) is 0.792. The van der Waals surface area contributed by atoms with Gasteiger partial charge in [0.15, 0.2) is 0 Å². The smallest absolute Gasteiger partial charge is 0.244 e. The van der Waals surface area contributed by atoms with Gasteiger partial charge in [-0.25, -0.2) is 0 Å². The summed E-state index contributed by atoms with van der Waals surface area (Å²) in [6.45, 7) is 9.05. The van der Waals surface area contributed by atoms with Crippen molar-refractivity contribution in [3.63, 3.8) is 0 Å². The van der Waals surface area contributed by atoms with Crippen molar-refractivity contribution in [2.24, 2.45) is 0 Å². The summed E-state index contributed by atoms with van der Waals surface area (Å²) in [6.07, 6.45) is 3.51. The van der Waals surface area contributed by atoms with Crippen LogP contribution in [0.5, 0.6) is 0 Å². The predicted molar refractivity (Wildman–Crippen MR) is 124 cm³/mol. The minimum absolute atomic E-state index is 0.185. The van der Waals surface area contributed by atoms with Crippen LogP contribution in [-0.2, 0) is 11.3 Å². The predicted octanol–water partition coefficient (Wildman–Crippen LogP) is 3.82. The molecule has 0 radical (unpaired) electrons. The van der Waals surface area contributed by atoms with Gasteiger partial charge < -0.3 is 15.1 Å². The lowest BCUT2D eigenvalue weighted by Gasteiger charge is -2.36. The van der Waals surface area contributed by atoms with Gasteiger partial charge in [0, 0.05) is 57.2 Å². The summed E-state index contributed by atoms with van der Waals surface area (Å²) in [7, 11) is 0. The molecule has 30 heavy (non-hydrogen) atoms. The number of nitrogens with one attached hydrogen (secondary N) is 1. The summed E-state index contributed by atoms with van der Waals surface area (Å²) in [4.78, 5) is 19.6. The van der Waals surface area contributed by atoms with Crippen molar-refractivity contribution in [2.75, 3.05) is 49.5 Å². The Balaban J connectivity index is 1.26. The summed E-state index contributed by atoms with van der Waals surface area (Å²) >= 11 is 0. The third kappa shape index (κ3) is 5.33. The molecule has 0 spiro atoms. The standard InChI is InChI=1S/C25H34N4O/c1-21(25(30)29-14-6-3-7-15-29)26-23-10-12-24(13-11-23)28-18-16-27(17-19-28)20-22-8-4-2-5-9-22/h2,4-5,8-13,21,26H,3,6-7,14-20H2,1H3/t21-/m0/s1. The number of rotatable bonds is 6. The second-order valence-electron chi connectivity index (χ2n) is 8.55. The SMILES string of the molecule is C[C@H](Nc1ccc(N2CCN(Cc3ccccc3)CC2)cc1)C(=O)N1CCCCC1. The summed E-state index contributed by atoms with van der Waals surface area (Å²) in [5.41, 5.74) is 3.66. The molecule has 5 heteroatoms. The van der Waals surface area contributed by atoms with Crippen molar-refractivity contribution < 1.29 is 4.79 Å². The van der Waals surface area contributed by atoms with Crippen LogP contribution in [0.25, 0.3) is 0 Å². The highest BCUT2D eigenvalue weighted by Crippen LogP contribution is 2.21. The molecule has 1 atom stereocenters. The van der Waals surface area contributed by atoms with E-state index in [2.05, 4.69) is 69.7 Å². The molecule has 2 aromatic carbocycles. The van der Waals surface area contributed by atoms with Gasteiger partial charge in [0.25, 0.3) is 0 Å². The summed E-state index contributed by atoms with van der Waals surface area (Å²) in [5, 5.41) is 3.39. The minimum Gasteiger partial charge on any atom is -0.374 e. The Morgan fingerprint density at radius 3 is 2.20 bits per heavy atom. The molecule has 0 bridgehead atoms. The number of benzene rings is 2. The van der Waals surface area contributed by atoms with Crippen LogP contribution in [0.2, 0.25) is 0 Å². The zero-order chi connectivity index (χ0) is 20.8. The number of likely N-dealkylation sites (tertiary alicyclic amines) is 1. The molecule has 2 heterocycles. The highest BCUT2D eigenvalue weighted by atomic mass is 16.2. The number of piperazine rings is 1. The van der Waals surface area contributed by atoms with Crippen LogP contribution in [0.4, 0.5) is 11.4 Å². The number of nitrogens with zero attached hydrogens (tertiary/aromatic N) is 3. The van der Waals surface area contributed by atoms with Gasteiger partial charge in [-0.3, -0.25) is 9.69 Å². The van der Waals surface area contributed by atoms with Gasteiger partial charge >= 0.3 is 0 Å². The van der Waals surface area contributed by atoms with E-state index >= 15 is 0 Å². The molecule has 5 nitrogen and oxygen atoms in total. The van der Waals surface area contributed by atoms with Crippen molar-refractivity contribution in [1.82, 2.24) is 9.80 Å². The van der Waals surface area contributed by atoms with E-state index in [1.165, 1.54) is 17.7 Å². The molecule has 0 unspecified atom stereocenters. The Bertz CT molecular complexity index is 794. The molecule has 2 fully saturated rings. The molecular formula is C25H34N4O. The van der Waals surface area contributed by atoms with Crippen molar-refractivity contribution in [3.05, 3.63) is 60.2 Å². The number of carbonyl (C=O) groups excluding carboxylic acids is 1. The lowest BCUT2D eigenvalue weighted by molar-refractivity contribution is -0.132. The first-order chi connectivity index (χ1) is 14.7. The Labute approximate surface area is 180 Å². The van der Waals surface area contributed by atoms with Gasteiger partial charge in [0.2, 0.25) is 5.91 Å². The molecule has 2 aliphatic heterocycles. The molecule has 4 rings (SSSR count). The van der Waals surface area contributed by atoms with Gasteiger partial charge in [-0.05, 0) is 56.0 Å². The Hall–Kier alpha value is -2.53. The van der Waals surface area contributed by atoms with Crippen LogP contribution >= 0.6 is 0 Å². The van der Waals surface area contributed by atoms with Crippen LogP contribution < -0.4 is 10.2 Å². The van der Waals surface area contributed by atoms with Crippen molar-refractivity contribution in [3.8, 4) is 0 Å². The van der Waals surface area contributed by atoms with E-state index in [9.17, 15) is 4.79 Å². The fourth-order valence-corrected chi connectivity index (χ4v) is 4.47. The Kier molecular flexibility index (Phi) is 6.90. The Morgan fingerprint density at radius 1 is 0.867 bits per heavy atom. The summed E-state index contributed by atoms with van der Waals surface area (Å²) < 4.78 is 0. The van der Waals surface area contributed by atoms with Gasteiger partial charge in [0.05, 0.1) is 0 Å². The molecule has 2 aliphatic rings. The lowest BCUT2D eigenvalue weighted by Crippen LogP contribution is -2.46. The lowest BCUT2D eigenvalue weighted by atomic mass is 10.1. The van der Waals surface area contributed by atoms with Crippen LogP contribution in [0.1, 0.15) is 31.7 Å². The van der Waals surface area contributed by atoms with Crippen molar-refractivity contribution >= 4 is 17.3 Å². The van der Waals surface area contributed by atoms with Gasteiger partial charge in [-0.1, -0.05) is 30.3 Å². The van der Waals surface area contributed by atoms with Crippen molar-refractivity contribution in [1.29, 1.82) is 0 Å². The van der Waals surface area contributed by atoms with Gasteiger partial charge in [0.1, 0.15) is 6.04 Å². The highest BCUT2D eigenvalue weighted by molar-refractivity contribution is 5.84. The number of anilines is 2. The summed E-state index contributed by atoms with van der Waals surface area (Å²) in [5.74, 6) is 0.216. The maximum atomic E-state index is 12.6. The second-order valence-corrected chi connectivity index (χ2v) is 8.55. The number of piperidine rings is 1. The zero-order valence-corrected chi connectivity index (χ0v) is 18.1. The molecule has 0 aromatic heterocycles. The van der Waals surface area contributed by atoms with Crippen molar-refractivity contribution in [2.45, 2.75) is 38.8 Å². The monoisotopic (exact) mass is 406 g/mol. The molecule has 2 saturated heterocycles. The van der Waals surface area contributed by atoms with Crippen LogP contribution in [-0.4, -0.2) is 61.0 Å². The molecule has 0 saturated carbocycles. The first-order valence-corrected chi connectivity index (χ1v) is 11.4. The maximum Gasteiger partial charge on any atom is 0.244 e. The molecule has 1 N–H and O–H groups in total. The van der Waals surface area contributed by atoms with E-state index < -0.39 is 0 Å². The Morgan fingerprint density at radius 2 is 1.53 bits per heavy atom. The third-order valence-corrected chi connectivity index (χ3v) is 6.28. The first-order valence-electron chi connectivity index (χ1n) is 11.4. The van der Waals surface area contributed by atoms with Gasteiger partial charge in [-0.2, -0.15) is 0 Å².